The number of nitrogens with zero attached hydrogens (tertiary/aromatic N) is 1. The standard InChI is InChI=1S/C16H24N2O/c1-2-9-18(10-3-1)16-6-4-14(5-7-16)12-17-15-8-11-19-13-15/h4-7,15,17H,1-3,8-13H2. The van der Waals surface area contributed by atoms with Crippen molar-refractivity contribution < 1.29 is 4.74 Å². The van der Waals surface area contributed by atoms with Crippen LogP contribution < -0.4 is 10.2 Å². The fourth-order valence-corrected chi connectivity index (χ4v) is 2.93. The normalized spacial score (nSPS) is 23.8. The zero-order valence-electron chi connectivity index (χ0n) is 11.6. The van der Waals surface area contributed by atoms with Gasteiger partial charge in [-0.25, -0.2) is 0 Å². The summed E-state index contributed by atoms with van der Waals surface area (Å²) in [4.78, 5) is 2.51. The molecule has 1 aromatic carbocycles. The predicted octanol–water partition coefficient (Wildman–Crippen LogP) is 2.56. The van der Waals surface area contributed by atoms with Crippen LogP contribution in [0.25, 0.3) is 0 Å². The van der Waals surface area contributed by atoms with Gasteiger partial charge in [-0.2, -0.15) is 0 Å². The van der Waals surface area contributed by atoms with E-state index in [2.05, 4.69) is 34.5 Å². The predicted molar refractivity (Wildman–Crippen MR) is 78.6 cm³/mol. The number of hydrogen-bond donors (Lipinski definition) is 1. The highest BCUT2D eigenvalue weighted by Gasteiger charge is 2.14. The second-order valence-electron chi connectivity index (χ2n) is 5.66. The second-order valence-corrected chi connectivity index (χ2v) is 5.66. The Kier molecular flexibility index (Phi) is 4.36. The third kappa shape index (κ3) is 3.48. The molecule has 0 aromatic heterocycles. The summed E-state index contributed by atoms with van der Waals surface area (Å²) in [6, 6.07) is 9.60. The number of benzene rings is 1. The van der Waals surface area contributed by atoms with E-state index >= 15 is 0 Å². The first kappa shape index (κ1) is 12.9. The maximum absolute atomic E-state index is 5.37. The van der Waals surface area contributed by atoms with E-state index in [0.29, 0.717) is 6.04 Å². The van der Waals surface area contributed by atoms with E-state index < -0.39 is 0 Å². The van der Waals surface area contributed by atoms with Crippen molar-refractivity contribution in [3.8, 4) is 0 Å². The van der Waals surface area contributed by atoms with Crippen LogP contribution in [0.5, 0.6) is 0 Å². The Morgan fingerprint density at radius 2 is 1.89 bits per heavy atom. The summed E-state index contributed by atoms with van der Waals surface area (Å²) in [5.41, 5.74) is 2.75. The Hall–Kier alpha value is -1.06. The summed E-state index contributed by atoms with van der Waals surface area (Å²) in [6.07, 6.45) is 5.21. The van der Waals surface area contributed by atoms with Crippen LogP contribution >= 0.6 is 0 Å². The van der Waals surface area contributed by atoms with E-state index in [0.717, 1.165) is 26.2 Å². The highest BCUT2D eigenvalue weighted by molar-refractivity contribution is 5.47. The van der Waals surface area contributed by atoms with Gasteiger partial charge in [0, 0.05) is 38.0 Å². The largest absolute Gasteiger partial charge is 0.380 e. The smallest absolute Gasteiger partial charge is 0.0620 e. The number of ether oxygens (including phenoxy) is 1. The van der Waals surface area contributed by atoms with Gasteiger partial charge in [0.15, 0.2) is 0 Å². The van der Waals surface area contributed by atoms with Crippen molar-refractivity contribution in [1.29, 1.82) is 0 Å². The molecule has 0 bridgehead atoms. The molecular weight excluding hydrogens is 236 g/mol. The lowest BCUT2D eigenvalue weighted by molar-refractivity contribution is 0.190. The Morgan fingerprint density at radius 1 is 1.11 bits per heavy atom. The monoisotopic (exact) mass is 260 g/mol. The van der Waals surface area contributed by atoms with Crippen LogP contribution in [0.1, 0.15) is 31.2 Å². The van der Waals surface area contributed by atoms with Crippen LogP contribution in [-0.4, -0.2) is 32.3 Å². The molecule has 2 heterocycles. The molecule has 0 saturated carbocycles. The van der Waals surface area contributed by atoms with Crippen LogP contribution in [0.2, 0.25) is 0 Å². The molecule has 104 valence electrons. The van der Waals surface area contributed by atoms with Crippen LogP contribution in [0.4, 0.5) is 5.69 Å². The minimum Gasteiger partial charge on any atom is -0.380 e. The van der Waals surface area contributed by atoms with E-state index in [9.17, 15) is 0 Å². The van der Waals surface area contributed by atoms with E-state index in [-0.39, 0.29) is 0 Å². The molecular formula is C16H24N2O. The number of rotatable bonds is 4. The van der Waals surface area contributed by atoms with E-state index in [4.69, 9.17) is 4.74 Å². The first-order valence-electron chi connectivity index (χ1n) is 7.57. The summed E-state index contributed by atoms with van der Waals surface area (Å²) in [6.45, 7) is 5.17. The quantitative estimate of drug-likeness (QED) is 0.900. The molecule has 1 unspecified atom stereocenters. The minimum atomic E-state index is 0.543. The molecule has 19 heavy (non-hydrogen) atoms. The molecule has 0 aliphatic carbocycles. The lowest BCUT2D eigenvalue weighted by Crippen LogP contribution is -2.29. The van der Waals surface area contributed by atoms with E-state index in [1.165, 1.54) is 43.6 Å². The zero-order chi connectivity index (χ0) is 12.9. The summed E-state index contributed by atoms with van der Waals surface area (Å²) in [5.74, 6) is 0. The van der Waals surface area contributed by atoms with Crippen molar-refractivity contribution in [2.75, 3.05) is 31.2 Å². The Morgan fingerprint density at radius 3 is 2.58 bits per heavy atom. The molecule has 1 N–H and O–H groups in total. The molecule has 2 aliphatic heterocycles. The maximum Gasteiger partial charge on any atom is 0.0620 e. The molecule has 0 radical (unpaired) electrons. The van der Waals surface area contributed by atoms with Crippen molar-refractivity contribution in [3.63, 3.8) is 0 Å². The first-order chi connectivity index (χ1) is 9.42. The number of hydrogen-bond acceptors (Lipinski definition) is 3. The van der Waals surface area contributed by atoms with Gasteiger partial charge < -0.3 is 15.0 Å². The SMILES string of the molecule is c1cc(N2CCCCC2)ccc1CNC1CCOC1. The topological polar surface area (TPSA) is 24.5 Å². The molecule has 3 heteroatoms. The molecule has 2 fully saturated rings. The molecule has 2 aliphatic rings. The van der Waals surface area contributed by atoms with Gasteiger partial charge in [0.2, 0.25) is 0 Å². The average molecular weight is 260 g/mol. The molecule has 0 amide bonds. The zero-order valence-corrected chi connectivity index (χ0v) is 11.6. The van der Waals surface area contributed by atoms with Gasteiger partial charge in [-0.3, -0.25) is 0 Å². The Balaban J connectivity index is 1.52. The summed E-state index contributed by atoms with van der Waals surface area (Å²) < 4.78 is 5.37. The van der Waals surface area contributed by atoms with Crippen LogP contribution in [0, 0.1) is 0 Å². The fraction of sp³-hybridized carbons (Fsp3) is 0.625. The van der Waals surface area contributed by atoms with Gasteiger partial charge >= 0.3 is 0 Å². The average Bonchev–Trinajstić information content (AvgIpc) is 3.00. The number of nitrogens with one attached hydrogen (secondary N) is 1. The van der Waals surface area contributed by atoms with Gasteiger partial charge in [0.05, 0.1) is 6.61 Å². The third-order valence-electron chi connectivity index (χ3n) is 4.18. The van der Waals surface area contributed by atoms with Crippen LogP contribution in [-0.2, 0) is 11.3 Å². The molecule has 3 nitrogen and oxygen atoms in total. The highest BCUT2D eigenvalue weighted by Crippen LogP contribution is 2.20. The van der Waals surface area contributed by atoms with Gasteiger partial charge in [0.1, 0.15) is 0 Å². The van der Waals surface area contributed by atoms with Crippen molar-refractivity contribution in [2.24, 2.45) is 0 Å². The van der Waals surface area contributed by atoms with Gasteiger partial charge in [-0.05, 0) is 43.4 Å². The summed E-state index contributed by atoms with van der Waals surface area (Å²) in [5, 5.41) is 3.56. The molecule has 3 rings (SSSR count). The van der Waals surface area contributed by atoms with Crippen LogP contribution in [0.3, 0.4) is 0 Å². The van der Waals surface area contributed by atoms with Crippen molar-refractivity contribution >= 4 is 5.69 Å². The maximum atomic E-state index is 5.37. The fourth-order valence-electron chi connectivity index (χ4n) is 2.93. The lowest BCUT2D eigenvalue weighted by atomic mass is 10.1. The lowest BCUT2D eigenvalue weighted by Gasteiger charge is -2.28. The van der Waals surface area contributed by atoms with Gasteiger partial charge in [-0.15, -0.1) is 0 Å². The van der Waals surface area contributed by atoms with Crippen molar-refractivity contribution in [3.05, 3.63) is 29.8 Å². The molecule has 1 aromatic rings. The van der Waals surface area contributed by atoms with E-state index in [1.54, 1.807) is 0 Å². The van der Waals surface area contributed by atoms with Gasteiger partial charge in [0.25, 0.3) is 0 Å². The van der Waals surface area contributed by atoms with E-state index in [1.807, 2.05) is 0 Å². The summed E-state index contributed by atoms with van der Waals surface area (Å²) >= 11 is 0. The Labute approximate surface area is 115 Å². The first-order valence-corrected chi connectivity index (χ1v) is 7.57. The third-order valence-corrected chi connectivity index (χ3v) is 4.18. The molecule has 2 saturated heterocycles. The second kappa shape index (κ2) is 6.40. The Bertz CT molecular complexity index is 378. The minimum absolute atomic E-state index is 0.543. The van der Waals surface area contributed by atoms with Gasteiger partial charge in [-0.1, -0.05) is 12.1 Å². The molecule has 1 atom stereocenters. The van der Waals surface area contributed by atoms with Crippen molar-refractivity contribution in [1.82, 2.24) is 5.32 Å². The number of anilines is 1. The van der Waals surface area contributed by atoms with Crippen LogP contribution in [0.15, 0.2) is 24.3 Å². The molecule has 0 spiro atoms. The number of piperidine rings is 1. The summed E-state index contributed by atoms with van der Waals surface area (Å²) in [7, 11) is 0. The van der Waals surface area contributed by atoms with Crippen molar-refractivity contribution in [2.45, 2.75) is 38.3 Å². The highest BCUT2D eigenvalue weighted by atomic mass is 16.5.